The lowest BCUT2D eigenvalue weighted by atomic mass is 9.86. The lowest BCUT2D eigenvalue weighted by molar-refractivity contribution is -0.117. The van der Waals surface area contributed by atoms with E-state index >= 15 is 0 Å². The monoisotopic (exact) mass is 287 g/mol. The van der Waals surface area contributed by atoms with Gasteiger partial charge in [-0.25, -0.2) is 4.79 Å². The molecule has 112 valence electrons. The number of carbonyl (C=O) groups excluding carboxylic acids is 2. The number of hydrogen-bond donors (Lipinski definition) is 1. The van der Waals surface area contributed by atoms with E-state index in [1.165, 1.54) is 32.8 Å². The molecule has 1 aromatic rings. The van der Waals surface area contributed by atoms with Gasteiger partial charge in [0.15, 0.2) is 0 Å². The number of nitrogens with one attached hydrogen (secondary N) is 1. The van der Waals surface area contributed by atoms with Crippen molar-refractivity contribution >= 4 is 17.6 Å². The van der Waals surface area contributed by atoms with Gasteiger partial charge in [-0.05, 0) is 49.1 Å². The zero-order valence-corrected chi connectivity index (χ0v) is 12.3. The Labute approximate surface area is 124 Å². The molecule has 2 aliphatic carbocycles. The second-order valence-electron chi connectivity index (χ2n) is 6.22. The average Bonchev–Trinajstić information content (AvgIpc) is 3.09. The summed E-state index contributed by atoms with van der Waals surface area (Å²) in [6.07, 6.45) is 5.68. The number of anilines is 1. The summed E-state index contributed by atoms with van der Waals surface area (Å²) in [5, 5.41) is 2.87. The summed E-state index contributed by atoms with van der Waals surface area (Å²) in [6, 6.07) is 6.97. The maximum atomic E-state index is 12.2. The zero-order chi connectivity index (χ0) is 14.8. The van der Waals surface area contributed by atoms with E-state index in [1.807, 2.05) is 0 Å². The van der Waals surface area contributed by atoms with Gasteiger partial charge in [-0.1, -0.05) is 18.6 Å². The number of fused-ring (bicyclic) bond motifs is 2. The number of benzene rings is 1. The number of carbonyl (C=O) groups is 2. The van der Waals surface area contributed by atoms with Crippen LogP contribution in [0.25, 0.3) is 0 Å². The molecule has 4 heteroatoms. The highest BCUT2D eigenvalue weighted by molar-refractivity contribution is 6.01. The van der Waals surface area contributed by atoms with Gasteiger partial charge in [-0.2, -0.15) is 0 Å². The van der Waals surface area contributed by atoms with E-state index in [4.69, 9.17) is 4.74 Å². The van der Waals surface area contributed by atoms with Crippen LogP contribution < -0.4 is 5.32 Å². The van der Waals surface area contributed by atoms with Gasteiger partial charge in [-0.3, -0.25) is 4.79 Å². The highest BCUT2D eigenvalue weighted by Crippen LogP contribution is 2.49. The third-order valence-corrected chi connectivity index (χ3v) is 4.94. The number of amides is 1. The lowest BCUT2D eigenvalue weighted by Gasteiger charge is -2.21. The van der Waals surface area contributed by atoms with Crippen molar-refractivity contribution < 1.29 is 14.3 Å². The molecule has 0 unspecified atom stereocenters. The molecule has 1 aromatic carbocycles. The minimum absolute atomic E-state index is 0.00361. The maximum absolute atomic E-state index is 12.2. The summed E-state index contributed by atoms with van der Waals surface area (Å²) in [5.41, 5.74) is 0.943. The van der Waals surface area contributed by atoms with Crippen molar-refractivity contribution in [2.45, 2.75) is 32.1 Å². The van der Waals surface area contributed by atoms with E-state index in [1.54, 1.807) is 24.3 Å². The highest BCUT2D eigenvalue weighted by Gasteiger charge is 2.40. The third kappa shape index (κ3) is 2.94. The van der Waals surface area contributed by atoms with Gasteiger partial charge in [0.2, 0.25) is 5.91 Å². The van der Waals surface area contributed by atoms with E-state index in [2.05, 4.69) is 5.32 Å². The van der Waals surface area contributed by atoms with Crippen molar-refractivity contribution in [1.29, 1.82) is 0 Å². The van der Waals surface area contributed by atoms with Crippen molar-refractivity contribution in [3.63, 3.8) is 0 Å². The van der Waals surface area contributed by atoms with Gasteiger partial charge in [0.25, 0.3) is 0 Å². The second-order valence-corrected chi connectivity index (χ2v) is 6.22. The molecule has 0 radical (unpaired) electrons. The van der Waals surface area contributed by atoms with E-state index in [9.17, 15) is 9.59 Å². The van der Waals surface area contributed by atoms with Crippen molar-refractivity contribution in [3.05, 3.63) is 29.8 Å². The molecular formula is C17H21NO3. The molecule has 21 heavy (non-hydrogen) atoms. The number of esters is 1. The Morgan fingerprint density at radius 3 is 2.71 bits per heavy atom. The van der Waals surface area contributed by atoms with Crippen LogP contribution in [-0.2, 0) is 9.53 Å². The normalized spacial score (nSPS) is 26.6. The molecule has 2 saturated carbocycles. The topological polar surface area (TPSA) is 55.4 Å². The molecule has 4 nitrogen and oxygen atoms in total. The number of ether oxygens (including phenoxy) is 1. The Morgan fingerprint density at radius 1 is 1.24 bits per heavy atom. The fourth-order valence-corrected chi connectivity index (χ4v) is 3.95. The molecule has 2 bridgehead atoms. The molecule has 1 amide bonds. The van der Waals surface area contributed by atoms with E-state index < -0.39 is 5.97 Å². The molecule has 0 saturated heterocycles. The molecule has 2 aliphatic rings. The van der Waals surface area contributed by atoms with Crippen LogP contribution in [0.3, 0.4) is 0 Å². The van der Waals surface area contributed by atoms with Gasteiger partial charge >= 0.3 is 5.97 Å². The Kier molecular flexibility index (Phi) is 3.95. The number of rotatable bonds is 4. The fourth-order valence-electron chi connectivity index (χ4n) is 3.95. The summed E-state index contributed by atoms with van der Waals surface area (Å²) < 4.78 is 4.74. The largest absolute Gasteiger partial charge is 0.465 e. The van der Waals surface area contributed by atoms with Crippen LogP contribution >= 0.6 is 0 Å². The molecule has 3 rings (SSSR count). The van der Waals surface area contributed by atoms with Crippen LogP contribution in [0.2, 0.25) is 0 Å². The summed E-state index contributed by atoms with van der Waals surface area (Å²) in [4.78, 5) is 23.9. The van der Waals surface area contributed by atoms with Crippen LogP contribution in [0.1, 0.15) is 42.5 Å². The third-order valence-electron chi connectivity index (χ3n) is 4.94. The van der Waals surface area contributed by atoms with Crippen LogP contribution in [0.4, 0.5) is 5.69 Å². The first-order valence-corrected chi connectivity index (χ1v) is 7.64. The van der Waals surface area contributed by atoms with Crippen LogP contribution in [-0.4, -0.2) is 19.0 Å². The van der Waals surface area contributed by atoms with Gasteiger partial charge in [0.1, 0.15) is 0 Å². The Hall–Kier alpha value is -1.84. The summed E-state index contributed by atoms with van der Waals surface area (Å²) in [5.74, 6) is 1.68. The van der Waals surface area contributed by atoms with Crippen molar-refractivity contribution in [2.75, 3.05) is 12.4 Å². The van der Waals surface area contributed by atoms with E-state index in [0.717, 1.165) is 11.8 Å². The molecule has 2 fully saturated rings. The van der Waals surface area contributed by atoms with Crippen molar-refractivity contribution in [3.8, 4) is 0 Å². The number of para-hydroxylation sites is 1. The van der Waals surface area contributed by atoms with Crippen LogP contribution in [0.5, 0.6) is 0 Å². The van der Waals surface area contributed by atoms with E-state index in [0.29, 0.717) is 23.6 Å². The summed E-state index contributed by atoms with van der Waals surface area (Å²) >= 11 is 0. The van der Waals surface area contributed by atoms with Gasteiger partial charge in [0, 0.05) is 6.42 Å². The highest BCUT2D eigenvalue weighted by atomic mass is 16.5. The minimum atomic E-state index is -0.425. The predicted molar refractivity (Wildman–Crippen MR) is 80.0 cm³/mol. The van der Waals surface area contributed by atoms with Crippen molar-refractivity contribution in [1.82, 2.24) is 0 Å². The first-order chi connectivity index (χ1) is 10.2. The number of hydrogen-bond acceptors (Lipinski definition) is 3. The Balaban J connectivity index is 1.64. The van der Waals surface area contributed by atoms with Crippen LogP contribution in [0.15, 0.2) is 24.3 Å². The van der Waals surface area contributed by atoms with E-state index in [-0.39, 0.29) is 5.91 Å². The fraction of sp³-hybridized carbons (Fsp3) is 0.529. The van der Waals surface area contributed by atoms with Gasteiger partial charge in [0.05, 0.1) is 18.4 Å². The summed E-state index contributed by atoms with van der Waals surface area (Å²) in [6.45, 7) is 0. The molecule has 0 spiro atoms. The predicted octanol–water partition coefficient (Wildman–Crippen LogP) is 3.24. The molecule has 0 aromatic heterocycles. The molecule has 3 atom stereocenters. The Morgan fingerprint density at radius 2 is 2.05 bits per heavy atom. The van der Waals surface area contributed by atoms with Gasteiger partial charge < -0.3 is 10.1 Å². The molecule has 0 aliphatic heterocycles. The lowest BCUT2D eigenvalue weighted by Crippen LogP contribution is -2.21. The quantitative estimate of drug-likeness (QED) is 0.865. The average molecular weight is 287 g/mol. The van der Waals surface area contributed by atoms with Crippen LogP contribution in [0, 0.1) is 17.8 Å². The minimum Gasteiger partial charge on any atom is -0.465 e. The maximum Gasteiger partial charge on any atom is 0.339 e. The standard InChI is InChI=1S/C17H21NO3/c1-21-17(20)14-4-2-3-5-15(14)18-16(19)10-13-9-11-6-7-12(13)8-11/h2-5,11-13H,6-10H2,1H3,(H,18,19)/t11-,12-,13+/m0/s1. The van der Waals surface area contributed by atoms with Crippen molar-refractivity contribution in [2.24, 2.45) is 17.8 Å². The Bertz CT molecular complexity index is 555. The smallest absolute Gasteiger partial charge is 0.339 e. The second kappa shape index (κ2) is 5.88. The summed E-state index contributed by atoms with van der Waals surface area (Å²) in [7, 11) is 1.34. The molecular weight excluding hydrogens is 266 g/mol. The van der Waals surface area contributed by atoms with Gasteiger partial charge in [-0.15, -0.1) is 0 Å². The first-order valence-electron chi connectivity index (χ1n) is 7.64. The molecule has 1 N–H and O–H groups in total. The zero-order valence-electron chi connectivity index (χ0n) is 12.3. The number of methoxy groups -OCH3 is 1. The first kappa shape index (κ1) is 14.1. The molecule has 0 heterocycles. The SMILES string of the molecule is COC(=O)c1ccccc1NC(=O)C[C@H]1C[C@H]2CC[C@H]1C2.